The Kier molecular flexibility index (Phi) is 5.14. The lowest BCUT2D eigenvalue weighted by molar-refractivity contribution is 0.0963. The average molecular weight is 348 g/mol. The second-order valence-corrected chi connectivity index (χ2v) is 7.20. The molecule has 0 aliphatic carbocycles. The molecule has 0 aliphatic rings. The molecule has 0 saturated carbocycles. The molecule has 2 rings (SSSR count). The topological polar surface area (TPSA) is 75.7 Å². The summed E-state index contributed by atoms with van der Waals surface area (Å²) in [7, 11) is 0.855. The molecule has 6 nitrogen and oxygen atoms in total. The van der Waals surface area contributed by atoms with E-state index >= 15 is 0 Å². The minimum absolute atomic E-state index is 0.167. The number of ether oxygens (including phenoxy) is 1. The Morgan fingerprint density at radius 3 is 2.25 bits per heavy atom. The molecule has 1 amide bonds. The minimum atomic E-state index is -3.70. The average Bonchev–Trinajstić information content (AvgIpc) is 2.60. The first-order valence-electron chi connectivity index (χ1n) is 7.27. The van der Waals surface area contributed by atoms with Crippen LogP contribution in [-0.2, 0) is 10.0 Å². The number of nitrogens with zero attached hydrogens (tertiary/aromatic N) is 1. The summed E-state index contributed by atoms with van der Waals surface area (Å²) in [6.07, 6.45) is 0. The van der Waals surface area contributed by atoms with Gasteiger partial charge in [-0.2, -0.15) is 0 Å². The molecular formula is C17H20N2O4S. The molecule has 0 spiro atoms. The second kappa shape index (κ2) is 6.92. The van der Waals surface area contributed by atoms with Gasteiger partial charge in [0.25, 0.3) is 15.9 Å². The number of rotatable bonds is 5. The zero-order valence-corrected chi connectivity index (χ0v) is 14.8. The number of methoxy groups -OCH3 is 1. The van der Waals surface area contributed by atoms with E-state index in [1.165, 1.54) is 30.6 Å². The van der Waals surface area contributed by atoms with Crippen LogP contribution in [-0.4, -0.2) is 35.5 Å². The zero-order valence-electron chi connectivity index (χ0n) is 14.0. The van der Waals surface area contributed by atoms with Crippen molar-refractivity contribution in [2.24, 2.45) is 0 Å². The fourth-order valence-corrected chi connectivity index (χ4v) is 3.59. The van der Waals surface area contributed by atoms with Gasteiger partial charge in [0.1, 0.15) is 5.75 Å². The number of hydrogen-bond donors (Lipinski definition) is 1. The van der Waals surface area contributed by atoms with Crippen LogP contribution in [0.4, 0.5) is 5.69 Å². The lowest BCUT2D eigenvalue weighted by atomic mass is 10.1. The second-order valence-electron chi connectivity index (χ2n) is 5.23. The van der Waals surface area contributed by atoms with Crippen molar-refractivity contribution < 1.29 is 17.9 Å². The van der Waals surface area contributed by atoms with Crippen LogP contribution in [0.1, 0.15) is 15.9 Å². The lowest BCUT2D eigenvalue weighted by Crippen LogP contribution is -2.27. The standard InChI is InChI=1S/C17H20N2O4S/c1-12-11-13(17(20)18-2)5-10-16(12)19(3)24(21,22)15-8-6-14(23-4)7-9-15/h5-11H,1-4H3,(H,18,20). The van der Waals surface area contributed by atoms with E-state index in [-0.39, 0.29) is 10.8 Å². The van der Waals surface area contributed by atoms with Gasteiger partial charge in [0.15, 0.2) is 0 Å². The summed E-state index contributed by atoms with van der Waals surface area (Å²) in [5.41, 5.74) is 1.68. The van der Waals surface area contributed by atoms with Crippen LogP contribution in [0.15, 0.2) is 47.4 Å². The molecule has 2 aromatic carbocycles. The third kappa shape index (κ3) is 3.35. The van der Waals surface area contributed by atoms with Crippen molar-refractivity contribution in [3.63, 3.8) is 0 Å². The van der Waals surface area contributed by atoms with Gasteiger partial charge in [0, 0.05) is 19.7 Å². The van der Waals surface area contributed by atoms with E-state index in [1.54, 1.807) is 44.3 Å². The van der Waals surface area contributed by atoms with E-state index in [2.05, 4.69) is 5.32 Å². The van der Waals surface area contributed by atoms with Gasteiger partial charge < -0.3 is 10.1 Å². The number of hydrogen-bond acceptors (Lipinski definition) is 4. The third-order valence-electron chi connectivity index (χ3n) is 3.74. The highest BCUT2D eigenvalue weighted by atomic mass is 32.2. The molecule has 1 N–H and O–H groups in total. The van der Waals surface area contributed by atoms with Gasteiger partial charge in [0.05, 0.1) is 17.7 Å². The molecule has 0 radical (unpaired) electrons. The van der Waals surface area contributed by atoms with E-state index in [1.807, 2.05) is 0 Å². The summed E-state index contributed by atoms with van der Waals surface area (Å²) in [6, 6.07) is 11.1. The first kappa shape index (κ1) is 17.8. The molecular weight excluding hydrogens is 328 g/mol. The maximum Gasteiger partial charge on any atom is 0.264 e. The Hall–Kier alpha value is -2.54. The summed E-state index contributed by atoms with van der Waals surface area (Å²) in [5, 5.41) is 2.54. The highest BCUT2D eigenvalue weighted by Crippen LogP contribution is 2.27. The van der Waals surface area contributed by atoms with Crippen molar-refractivity contribution in [1.29, 1.82) is 0 Å². The normalized spacial score (nSPS) is 11.0. The third-order valence-corrected chi connectivity index (χ3v) is 5.53. The van der Waals surface area contributed by atoms with Crippen molar-refractivity contribution in [3.05, 3.63) is 53.6 Å². The highest BCUT2D eigenvalue weighted by Gasteiger charge is 2.23. The summed E-state index contributed by atoms with van der Waals surface area (Å²) in [6.45, 7) is 1.77. The Morgan fingerprint density at radius 1 is 1.12 bits per heavy atom. The largest absolute Gasteiger partial charge is 0.497 e. The van der Waals surface area contributed by atoms with Crippen molar-refractivity contribution in [3.8, 4) is 5.75 Å². The van der Waals surface area contributed by atoms with Crippen LogP contribution in [0.2, 0.25) is 0 Å². The summed E-state index contributed by atoms with van der Waals surface area (Å²) in [4.78, 5) is 11.8. The SMILES string of the molecule is CNC(=O)c1ccc(N(C)S(=O)(=O)c2ccc(OC)cc2)c(C)c1. The molecule has 7 heteroatoms. The van der Waals surface area contributed by atoms with Gasteiger partial charge in [-0.3, -0.25) is 9.10 Å². The molecule has 0 saturated heterocycles. The van der Waals surface area contributed by atoms with Crippen molar-refractivity contribution in [2.75, 3.05) is 25.5 Å². The summed E-state index contributed by atoms with van der Waals surface area (Å²) in [5.74, 6) is 0.369. The molecule has 0 aromatic heterocycles. The quantitative estimate of drug-likeness (QED) is 0.899. The molecule has 0 atom stereocenters. The molecule has 0 heterocycles. The smallest absolute Gasteiger partial charge is 0.264 e. The van der Waals surface area contributed by atoms with Crippen LogP contribution in [0.5, 0.6) is 5.75 Å². The van der Waals surface area contributed by atoms with Gasteiger partial charge in [-0.25, -0.2) is 8.42 Å². The molecule has 0 aliphatic heterocycles. The van der Waals surface area contributed by atoms with E-state index in [0.29, 0.717) is 22.6 Å². The number of amides is 1. The van der Waals surface area contributed by atoms with Crippen molar-refractivity contribution >= 4 is 21.6 Å². The van der Waals surface area contributed by atoms with Crippen molar-refractivity contribution in [2.45, 2.75) is 11.8 Å². The maximum atomic E-state index is 12.8. The number of anilines is 1. The Balaban J connectivity index is 2.39. The Morgan fingerprint density at radius 2 is 1.75 bits per heavy atom. The van der Waals surface area contributed by atoms with Gasteiger partial charge in [-0.15, -0.1) is 0 Å². The predicted octanol–water partition coefficient (Wildman–Crippen LogP) is 2.19. The number of aryl methyl sites for hydroxylation is 1. The van der Waals surface area contributed by atoms with Crippen LogP contribution >= 0.6 is 0 Å². The Labute approximate surface area is 142 Å². The molecule has 0 fully saturated rings. The highest BCUT2D eigenvalue weighted by molar-refractivity contribution is 7.92. The molecule has 0 bridgehead atoms. The molecule has 0 unspecified atom stereocenters. The summed E-state index contributed by atoms with van der Waals surface area (Å²) < 4.78 is 31.8. The first-order chi connectivity index (χ1) is 11.3. The number of sulfonamides is 1. The first-order valence-corrected chi connectivity index (χ1v) is 8.71. The van der Waals surface area contributed by atoms with Crippen LogP contribution < -0.4 is 14.4 Å². The number of nitrogens with one attached hydrogen (secondary N) is 1. The Bertz CT molecular complexity index is 845. The summed E-state index contributed by atoms with van der Waals surface area (Å²) >= 11 is 0. The van der Waals surface area contributed by atoms with Crippen LogP contribution in [0.3, 0.4) is 0 Å². The number of carbonyl (C=O) groups excluding carboxylic acids is 1. The van der Waals surface area contributed by atoms with E-state index in [9.17, 15) is 13.2 Å². The van der Waals surface area contributed by atoms with Gasteiger partial charge in [0.2, 0.25) is 0 Å². The zero-order chi connectivity index (χ0) is 17.9. The van der Waals surface area contributed by atoms with Crippen molar-refractivity contribution in [1.82, 2.24) is 5.32 Å². The van der Waals surface area contributed by atoms with E-state index in [0.717, 1.165) is 0 Å². The number of benzene rings is 2. The van der Waals surface area contributed by atoms with Gasteiger partial charge in [-0.1, -0.05) is 0 Å². The predicted molar refractivity (Wildman–Crippen MR) is 93.2 cm³/mol. The fourth-order valence-electron chi connectivity index (χ4n) is 2.33. The van der Waals surface area contributed by atoms with Crippen LogP contribution in [0, 0.1) is 6.92 Å². The molecule has 2 aromatic rings. The van der Waals surface area contributed by atoms with Crippen LogP contribution in [0.25, 0.3) is 0 Å². The lowest BCUT2D eigenvalue weighted by Gasteiger charge is -2.22. The number of carbonyl (C=O) groups is 1. The fraction of sp³-hybridized carbons (Fsp3) is 0.235. The van der Waals surface area contributed by atoms with Gasteiger partial charge >= 0.3 is 0 Å². The van der Waals surface area contributed by atoms with E-state index < -0.39 is 10.0 Å². The van der Waals surface area contributed by atoms with E-state index in [4.69, 9.17) is 4.74 Å². The minimum Gasteiger partial charge on any atom is -0.497 e. The molecule has 24 heavy (non-hydrogen) atoms. The van der Waals surface area contributed by atoms with Gasteiger partial charge in [-0.05, 0) is 55.0 Å². The maximum absolute atomic E-state index is 12.8. The monoisotopic (exact) mass is 348 g/mol. The molecule has 128 valence electrons.